The van der Waals surface area contributed by atoms with Crippen molar-refractivity contribution in [2.75, 3.05) is 19.6 Å². The Balaban J connectivity index is 1.61. The fourth-order valence-electron chi connectivity index (χ4n) is 3.29. The second-order valence-corrected chi connectivity index (χ2v) is 6.29. The van der Waals surface area contributed by atoms with Crippen molar-refractivity contribution in [3.8, 4) is 0 Å². The van der Waals surface area contributed by atoms with E-state index in [0.717, 1.165) is 18.8 Å². The molecule has 144 valence electrons. The van der Waals surface area contributed by atoms with Crippen molar-refractivity contribution in [1.29, 1.82) is 0 Å². The van der Waals surface area contributed by atoms with Crippen LogP contribution in [0.25, 0.3) is 11.1 Å². The molecule has 0 aliphatic rings. The van der Waals surface area contributed by atoms with E-state index in [1.165, 1.54) is 4.57 Å². The summed E-state index contributed by atoms with van der Waals surface area (Å²) in [5.41, 5.74) is 1.23. The second kappa shape index (κ2) is 8.73. The van der Waals surface area contributed by atoms with Gasteiger partial charge in [-0.15, -0.1) is 0 Å². The van der Waals surface area contributed by atoms with Crippen LogP contribution in [0.3, 0.4) is 0 Å². The topological polar surface area (TPSA) is 80.6 Å². The molecule has 0 unspecified atom stereocenters. The van der Waals surface area contributed by atoms with Crippen LogP contribution < -0.4 is 11.1 Å². The summed E-state index contributed by atoms with van der Waals surface area (Å²) >= 11 is 0. The van der Waals surface area contributed by atoms with E-state index in [1.54, 1.807) is 12.3 Å². The minimum Gasteiger partial charge on any atom is -0.468 e. The van der Waals surface area contributed by atoms with E-state index >= 15 is 0 Å². The summed E-state index contributed by atoms with van der Waals surface area (Å²) in [6.07, 6.45) is 1.84. The molecule has 0 fully saturated rings. The lowest BCUT2D eigenvalue weighted by Crippen LogP contribution is -2.38. The van der Waals surface area contributed by atoms with Crippen molar-refractivity contribution < 1.29 is 13.6 Å². The van der Waals surface area contributed by atoms with Crippen molar-refractivity contribution in [3.63, 3.8) is 0 Å². The summed E-state index contributed by atoms with van der Waals surface area (Å²) in [6.45, 7) is 6.60. The number of fused-ring (bicyclic) bond motifs is 1. The summed E-state index contributed by atoms with van der Waals surface area (Å²) < 4.78 is 12.2. The summed E-state index contributed by atoms with van der Waals surface area (Å²) in [6, 6.07) is 11.0. The number of likely N-dealkylation sites (N-methyl/N-ethyl adjacent to an activating group) is 1. The van der Waals surface area contributed by atoms with Gasteiger partial charge in [-0.25, -0.2) is 4.79 Å². The first-order valence-electron chi connectivity index (χ1n) is 9.26. The van der Waals surface area contributed by atoms with E-state index < -0.39 is 5.76 Å². The van der Waals surface area contributed by atoms with Crippen molar-refractivity contribution in [2.24, 2.45) is 0 Å². The highest BCUT2D eigenvalue weighted by Gasteiger charge is 2.21. The molecule has 0 saturated heterocycles. The van der Waals surface area contributed by atoms with Gasteiger partial charge in [0.25, 0.3) is 0 Å². The summed E-state index contributed by atoms with van der Waals surface area (Å²) in [7, 11) is 0. The molecule has 7 nitrogen and oxygen atoms in total. The first kappa shape index (κ1) is 19.0. The molecule has 2 aromatic heterocycles. The van der Waals surface area contributed by atoms with E-state index in [4.69, 9.17) is 8.83 Å². The van der Waals surface area contributed by atoms with Crippen molar-refractivity contribution in [1.82, 2.24) is 14.8 Å². The normalized spacial score (nSPS) is 12.6. The maximum absolute atomic E-state index is 12.4. The van der Waals surface area contributed by atoms with Crippen LogP contribution in [0.4, 0.5) is 0 Å². The highest BCUT2D eigenvalue weighted by atomic mass is 16.4. The summed E-state index contributed by atoms with van der Waals surface area (Å²) in [4.78, 5) is 26.6. The van der Waals surface area contributed by atoms with Gasteiger partial charge < -0.3 is 14.2 Å². The maximum atomic E-state index is 12.4. The fourth-order valence-corrected chi connectivity index (χ4v) is 3.29. The van der Waals surface area contributed by atoms with Gasteiger partial charge in [0.05, 0.1) is 17.8 Å². The third-order valence-corrected chi connectivity index (χ3v) is 4.75. The Morgan fingerprint density at radius 1 is 1.19 bits per heavy atom. The lowest BCUT2D eigenvalue weighted by Gasteiger charge is -2.28. The SMILES string of the molecule is CCN(CC)[C@@H](CNC(=O)CCn1c(=O)oc2ccccc21)c1ccco1. The number of benzene rings is 1. The number of carbonyl (C=O) groups is 1. The third-order valence-electron chi connectivity index (χ3n) is 4.75. The number of nitrogens with one attached hydrogen (secondary N) is 1. The number of nitrogens with zero attached hydrogens (tertiary/aromatic N) is 2. The van der Waals surface area contributed by atoms with Gasteiger partial charge in [0.15, 0.2) is 5.58 Å². The van der Waals surface area contributed by atoms with Gasteiger partial charge in [-0.1, -0.05) is 26.0 Å². The average Bonchev–Trinajstić information content (AvgIpc) is 3.31. The zero-order valence-corrected chi connectivity index (χ0v) is 15.7. The molecule has 1 N–H and O–H groups in total. The maximum Gasteiger partial charge on any atom is 0.419 e. The molecular weight excluding hydrogens is 346 g/mol. The Morgan fingerprint density at radius 3 is 2.67 bits per heavy atom. The van der Waals surface area contributed by atoms with Gasteiger partial charge in [0.1, 0.15) is 5.76 Å². The number of rotatable bonds is 9. The molecule has 3 aromatic rings. The summed E-state index contributed by atoms with van der Waals surface area (Å²) in [5, 5.41) is 2.96. The molecular formula is C20H25N3O4. The number of carbonyl (C=O) groups excluding carboxylic acids is 1. The van der Waals surface area contributed by atoms with Gasteiger partial charge in [0.2, 0.25) is 5.91 Å². The van der Waals surface area contributed by atoms with Crippen molar-refractivity contribution in [3.05, 3.63) is 59.0 Å². The van der Waals surface area contributed by atoms with Crippen LogP contribution in [0.1, 0.15) is 32.1 Å². The number of amides is 1. The van der Waals surface area contributed by atoms with Gasteiger partial charge in [-0.05, 0) is 37.4 Å². The Hall–Kier alpha value is -2.80. The predicted molar refractivity (Wildman–Crippen MR) is 102 cm³/mol. The van der Waals surface area contributed by atoms with Crippen LogP contribution in [0, 0.1) is 0 Å². The number of hydrogen-bond acceptors (Lipinski definition) is 5. The lowest BCUT2D eigenvalue weighted by atomic mass is 10.2. The third kappa shape index (κ3) is 4.31. The van der Waals surface area contributed by atoms with E-state index in [1.807, 2.05) is 30.3 Å². The van der Waals surface area contributed by atoms with Crippen LogP contribution in [-0.2, 0) is 11.3 Å². The quantitative estimate of drug-likeness (QED) is 0.626. The number of para-hydroxylation sites is 2. The highest BCUT2D eigenvalue weighted by molar-refractivity contribution is 5.76. The number of furan rings is 1. The number of hydrogen-bond donors (Lipinski definition) is 1. The van der Waals surface area contributed by atoms with E-state index in [-0.39, 0.29) is 24.9 Å². The van der Waals surface area contributed by atoms with E-state index in [0.29, 0.717) is 17.6 Å². The van der Waals surface area contributed by atoms with Crippen molar-refractivity contribution in [2.45, 2.75) is 32.9 Å². The molecule has 0 radical (unpaired) electrons. The molecule has 2 heterocycles. The fraction of sp³-hybridized carbons (Fsp3) is 0.400. The van der Waals surface area contributed by atoms with E-state index in [9.17, 15) is 9.59 Å². The molecule has 0 aliphatic carbocycles. The van der Waals surface area contributed by atoms with Crippen LogP contribution in [0.2, 0.25) is 0 Å². The van der Waals surface area contributed by atoms with Crippen LogP contribution >= 0.6 is 0 Å². The second-order valence-electron chi connectivity index (χ2n) is 6.29. The number of oxazole rings is 1. The molecule has 1 aromatic carbocycles. The zero-order valence-electron chi connectivity index (χ0n) is 15.7. The van der Waals surface area contributed by atoms with Gasteiger partial charge in [-0.2, -0.15) is 0 Å². The van der Waals surface area contributed by atoms with Gasteiger partial charge in [0, 0.05) is 19.5 Å². The molecule has 0 spiro atoms. The molecule has 0 bridgehead atoms. The molecule has 7 heteroatoms. The zero-order chi connectivity index (χ0) is 19.2. The molecule has 0 aliphatic heterocycles. The largest absolute Gasteiger partial charge is 0.468 e. The molecule has 1 atom stereocenters. The highest BCUT2D eigenvalue weighted by Crippen LogP contribution is 2.20. The number of aryl methyl sites for hydroxylation is 1. The summed E-state index contributed by atoms with van der Waals surface area (Å²) in [5.74, 6) is 0.271. The predicted octanol–water partition coefficient (Wildman–Crippen LogP) is 2.78. The molecule has 27 heavy (non-hydrogen) atoms. The average molecular weight is 371 g/mol. The first-order valence-corrected chi connectivity index (χ1v) is 9.26. The van der Waals surface area contributed by atoms with Gasteiger partial charge >= 0.3 is 5.76 Å². The van der Waals surface area contributed by atoms with Crippen LogP contribution in [-0.4, -0.2) is 35.0 Å². The molecule has 0 saturated carbocycles. The van der Waals surface area contributed by atoms with Crippen molar-refractivity contribution >= 4 is 17.0 Å². The standard InChI is InChI=1S/C20H25N3O4/c1-3-22(4-2)16(17-10-7-13-26-17)14-21-19(24)11-12-23-15-8-5-6-9-18(15)27-20(23)25/h5-10,13,16H,3-4,11-12,14H2,1-2H3,(H,21,24)/t16-/m0/s1. The Bertz CT molecular complexity index is 922. The monoisotopic (exact) mass is 371 g/mol. The number of aromatic nitrogens is 1. The smallest absolute Gasteiger partial charge is 0.419 e. The minimum atomic E-state index is -0.444. The van der Waals surface area contributed by atoms with Gasteiger partial charge in [-0.3, -0.25) is 14.3 Å². The molecule has 3 rings (SSSR count). The minimum absolute atomic E-state index is 0.0172. The van der Waals surface area contributed by atoms with E-state index in [2.05, 4.69) is 24.1 Å². The van der Waals surface area contributed by atoms with Crippen LogP contribution in [0.5, 0.6) is 0 Å². The van der Waals surface area contributed by atoms with Crippen LogP contribution in [0.15, 0.2) is 56.3 Å². The Morgan fingerprint density at radius 2 is 1.96 bits per heavy atom. The first-order chi connectivity index (χ1) is 13.1. The Labute approximate surface area is 157 Å². The molecule has 1 amide bonds. The lowest BCUT2D eigenvalue weighted by molar-refractivity contribution is -0.121. The Kier molecular flexibility index (Phi) is 6.13.